The molecule has 0 aliphatic heterocycles. The smallest absolute Gasteiger partial charge is 0.121 e. The molecule has 0 fully saturated rings. The van der Waals surface area contributed by atoms with Crippen LogP contribution in [0.5, 0.6) is 0 Å². The summed E-state index contributed by atoms with van der Waals surface area (Å²) in [5.41, 5.74) is 6.81. The fourth-order valence-corrected chi connectivity index (χ4v) is 1.41. The van der Waals surface area contributed by atoms with E-state index in [-0.39, 0.29) is 0 Å². The first-order valence-corrected chi connectivity index (χ1v) is 4.48. The van der Waals surface area contributed by atoms with Crippen molar-refractivity contribution in [1.29, 1.82) is 0 Å². The highest BCUT2D eigenvalue weighted by atomic mass is 15.3. The molecule has 0 atom stereocenters. The first-order chi connectivity index (χ1) is 5.69. The number of nitrogen functional groups attached to an aromatic ring is 1. The van der Waals surface area contributed by atoms with Gasteiger partial charge >= 0.3 is 0 Å². The van der Waals surface area contributed by atoms with E-state index in [0.29, 0.717) is 5.92 Å². The molecule has 1 aromatic heterocycles. The topological polar surface area (TPSA) is 43.8 Å². The average molecular weight is 167 g/mol. The first kappa shape index (κ1) is 9.10. The summed E-state index contributed by atoms with van der Waals surface area (Å²) >= 11 is 0. The Kier molecular flexibility index (Phi) is 2.74. The van der Waals surface area contributed by atoms with E-state index < -0.39 is 0 Å². The Balaban J connectivity index is 2.86. The van der Waals surface area contributed by atoms with Gasteiger partial charge < -0.3 is 5.73 Å². The summed E-state index contributed by atoms with van der Waals surface area (Å²) in [7, 11) is 1.88. The number of aryl methyl sites for hydroxylation is 1. The zero-order valence-corrected chi connectivity index (χ0v) is 8.04. The maximum Gasteiger partial charge on any atom is 0.121 e. The van der Waals surface area contributed by atoms with Crippen molar-refractivity contribution in [3.05, 3.63) is 11.8 Å². The van der Waals surface area contributed by atoms with Crippen LogP contribution >= 0.6 is 0 Å². The van der Waals surface area contributed by atoms with Crippen molar-refractivity contribution in [2.45, 2.75) is 32.6 Å². The molecule has 0 amide bonds. The van der Waals surface area contributed by atoms with Crippen LogP contribution in [0, 0.1) is 0 Å². The van der Waals surface area contributed by atoms with Crippen molar-refractivity contribution in [2.24, 2.45) is 7.05 Å². The fraction of sp³-hybridized carbons (Fsp3) is 0.667. The van der Waals surface area contributed by atoms with Gasteiger partial charge in [0, 0.05) is 19.0 Å². The minimum atomic E-state index is 0.563. The molecule has 0 saturated carbocycles. The number of nitrogens with zero attached hydrogens (tertiary/aromatic N) is 2. The van der Waals surface area contributed by atoms with E-state index in [9.17, 15) is 0 Å². The summed E-state index contributed by atoms with van der Waals surface area (Å²) in [4.78, 5) is 0. The standard InChI is InChI=1S/C9H17N3/c1-4-7(5-2)8-6-9(10)12(3)11-8/h6-7H,4-5,10H2,1-3H3. The Hall–Kier alpha value is -0.990. The van der Waals surface area contributed by atoms with Gasteiger partial charge in [0.1, 0.15) is 5.82 Å². The molecule has 68 valence electrons. The minimum absolute atomic E-state index is 0.563. The van der Waals surface area contributed by atoms with Crippen LogP contribution in [0.2, 0.25) is 0 Å². The predicted molar refractivity (Wildman–Crippen MR) is 50.9 cm³/mol. The molecule has 0 bridgehead atoms. The summed E-state index contributed by atoms with van der Waals surface area (Å²) in [5, 5.41) is 4.34. The van der Waals surface area contributed by atoms with Crippen molar-refractivity contribution in [3.63, 3.8) is 0 Å². The Morgan fingerprint density at radius 1 is 1.50 bits per heavy atom. The number of aromatic nitrogens is 2. The van der Waals surface area contributed by atoms with Gasteiger partial charge in [-0.1, -0.05) is 13.8 Å². The summed E-state index contributed by atoms with van der Waals surface area (Å²) in [6.07, 6.45) is 2.26. The van der Waals surface area contributed by atoms with Gasteiger partial charge in [0.05, 0.1) is 5.69 Å². The SMILES string of the molecule is CCC(CC)c1cc(N)n(C)n1. The van der Waals surface area contributed by atoms with Crippen LogP contribution in [-0.4, -0.2) is 9.78 Å². The molecule has 0 aromatic carbocycles. The van der Waals surface area contributed by atoms with Crippen LogP contribution in [0.4, 0.5) is 5.82 Å². The molecule has 3 heteroatoms. The van der Waals surface area contributed by atoms with Crippen molar-refractivity contribution in [3.8, 4) is 0 Å². The van der Waals surface area contributed by atoms with E-state index in [4.69, 9.17) is 5.73 Å². The molecule has 0 saturated heterocycles. The zero-order valence-electron chi connectivity index (χ0n) is 8.04. The van der Waals surface area contributed by atoms with Crippen LogP contribution in [0.25, 0.3) is 0 Å². The van der Waals surface area contributed by atoms with E-state index in [2.05, 4.69) is 18.9 Å². The average Bonchev–Trinajstić information content (AvgIpc) is 2.35. The third kappa shape index (κ3) is 1.60. The molecular formula is C9H17N3. The normalized spacial score (nSPS) is 11.0. The molecule has 0 aliphatic carbocycles. The van der Waals surface area contributed by atoms with Gasteiger partial charge in [0.25, 0.3) is 0 Å². The number of nitrogens with two attached hydrogens (primary N) is 1. The summed E-state index contributed by atoms with van der Waals surface area (Å²) in [5.74, 6) is 1.31. The van der Waals surface area contributed by atoms with E-state index in [0.717, 1.165) is 24.4 Å². The maximum atomic E-state index is 5.69. The van der Waals surface area contributed by atoms with Crippen LogP contribution in [0.15, 0.2) is 6.07 Å². The number of hydrogen-bond acceptors (Lipinski definition) is 2. The van der Waals surface area contributed by atoms with Gasteiger partial charge in [0.15, 0.2) is 0 Å². The Bertz CT molecular complexity index is 229. The first-order valence-electron chi connectivity index (χ1n) is 4.48. The fourth-order valence-electron chi connectivity index (χ4n) is 1.41. The maximum absolute atomic E-state index is 5.69. The second kappa shape index (κ2) is 3.61. The van der Waals surface area contributed by atoms with E-state index in [1.54, 1.807) is 4.68 Å². The zero-order chi connectivity index (χ0) is 9.14. The molecule has 3 nitrogen and oxygen atoms in total. The second-order valence-corrected chi connectivity index (χ2v) is 3.13. The third-order valence-corrected chi connectivity index (χ3v) is 2.34. The molecule has 2 N–H and O–H groups in total. The van der Waals surface area contributed by atoms with Gasteiger partial charge in [-0.05, 0) is 12.8 Å². The van der Waals surface area contributed by atoms with Crippen LogP contribution in [-0.2, 0) is 7.05 Å². The van der Waals surface area contributed by atoms with Gasteiger partial charge in [-0.3, -0.25) is 4.68 Å². The Labute approximate surface area is 73.6 Å². The molecule has 1 rings (SSSR count). The number of rotatable bonds is 3. The highest BCUT2D eigenvalue weighted by Gasteiger charge is 2.11. The highest BCUT2D eigenvalue weighted by Crippen LogP contribution is 2.22. The van der Waals surface area contributed by atoms with Crippen molar-refractivity contribution in [2.75, 3.05) is 5.73 Å². The summed E-state index contributed by atoms with van der Waals surface area (Å²) in [6, 6.07) is 1.97. The quantitative estimate of drug-likeness (QED) is 0.747. The highest BCUT2D eigenvalue weighted by molar-refractivity contribution is 5.31. The van der Waals surface area contributed by atoms with Gasteiger partial charge in [-0.25, -0.2) is 0 Å². The van der Waals surface area contributed by atoms with Crippen LogP contribution in [0.1, 0.15) is 38.3 Å². The van der Waals surface area contributed by atoms with Crippen molar-refractivity contribution in [1.82, 2.24) is 9.78 Å². The van der Waals surface area contributed by atoms with Gasteiger partial charge in [0.2, 0.25) is 0 Å². The molecular weight excluding hydrogens is 150 g/mol. The van der Waals surface area contributed by atoms with E-state index in [1.807, 2.05) is 13.1 Å². The lowest BCUT2D eigenvalue weighted by molar-refractivity contribution is 0.605. The number of hydrogen-bond donors (Lipinski definition) is 1. The van der Waals surface area contributed by atoms with Crippen molar-refractivity contribution < 1.29 is 0 Å². The predicted octanol–water partition coefficient (Wildman–Crippen LogP) is 1.91. The molecule has 1 aromatic rings. The molecule has 0 aliphatic rings. The van der Waals surface area contributed by atoms with Gasteiger partial charge in [-0.2, -0.15) is 5.10 Å². The Morgan fingerprint density at radius 3 is 2.42 bits per heavy atom. The summed E-state index contributed by atoms with van der Waals surface area (Å²) in [6.45, 7) is 4.36. The third-order valence-electron chi connectivity index (χ3n) is 2.34. The lowest BCUT2D eigenvalue weighted by Gasteiger charge is -2.06. The number of anilines is 1. The van der Waals surface area contributed by atoms with E-state index >= 15 is 0 Å². The monoisotopic (exact) mass is 167 g/mol. The molecule has 0 unspecified atom stereocenters. The van der Waals surface area contributed by atoms with Crippen LogP contribution < -0.4 is 5.73 Å². The lowest BCUT2D eigenvalue weighted by Crippen LogP contribution is -1.99. The minimum Gasteiger partial charge on any atom is -0.384 e. The lowest BCUT2D eigenvalue weighted by atomic mass is 10.00. The largest absolute Gasteiger partial charge is 0.384 e. The second-order valence-electron chi connectivity index (χ2n) is 3.13. The molecule has 1 heterocycles. The van der Waals surface area contributed by atoms with Crippen LogP contribution in [0.3, 0.4) is 0 Å². The van der Waals surface area contributed by atoms with Crippen molar-refractivity contribution >= 4 is 5.82 Å². The van der Waals surface area contributed by atoms with Gasteiger partial charge in [-0.15, -0.1) is 0 Å². The Morgan fingerprint density at radius 2 is 2.08 bits per heavy atom. The van der Waals surface area contributed by atoms with E-state index in [1.165, 1.54) is 0 Å². The molecule has 0 spiro atoms. The summed E-state index contributed by atoms with van der Waals surface area (Å²) < 4.78 is 1.73. The molecule has 0 radical (unpaired) electrons. The molecule has 12 heavy (non-hydrogen) atoms.